The van der Waals surface area contributed by atoms with Crippen molar-refractivity contribution in [1.82, 2.24) is 0 Å². The summed E-state index contributed by atoms with van der Waals surface area (Å²) < 4.78 is 5.36. The van der Waals surface area contributed by atoms with Crippen LogP contribution in [0.25, 0.3) is 0 Å². The number of rotatable bonds is 3. The van der Waals surface area contributed by atoms with Crippen LogP contribution in [0.2, 0.25) is 0 Å². The van der Waals surface area contributed by atoms with E-state index in [1.165, 1.54) is 29.5 Å². The zero-order valence-electron chi connectivity index (χ0n) is 10.1. The molecule has 0 saturated heterocycles. The maximum Gasteiger partial charge on any atom is 0.122 e. The first kappa shape index (κ1) is 11.5. The van der Waals surface area contributed by atoms with E-state index in [1.54, 1.807) is 7.11 Å². The highest BCUT2D eigenvalue weighted by Crippen LogP contribution is 2.37. The summed E-state index contributed by atoms with van der Waals surface area (Å²) in [6.07, 6.45) is 4.47. The van der Waals surface area contributed by atoms with Crippen molar-refractivity contribution < 1.29 is 9.84 Å². The van der Waals surface area contributed by atoms with Crippen LogP contribution in [-0.4, -0.2) is 18.8 Å². The second kappa shape index (κ2) is 4.88. The summed E-state index contributed by atoms with van der Waals surface area (Å²) in [4.78, 5) is 0. The number of ether oxygens (including phenoxy) is 1. The van der Waals surface area contributed by atoms with Gasteiger partial charge in [-0.05, 0) is 61.3 Å². The minimum absolute atomic E-state index is 0.287. The highest BCUT2D eigenvalue weighted by Gasteiger charge is 2.21. The lowest BCUT2D eigenvalue weighted by Gasteiger charge is -2.26. The Morgan fingerprint density at radius 1 is 1.44 bits per heavy atom. The monoisotopic (exact) mass is 220 g/mol. The highest BCUT2D eigenvalue weighted by molar-refractivity contribution is 5.44. The van der Waals surface area contributed by atoms with E-state index >= 15 is 0 Å². The molecule has 1 aromatic rings. The van der Waals surface area contributed by atoms with Crippen molar-refractivity contribution in [2.45, 2.75) is 38.5 Å². The van der Waals surface area contributed by atoms with E-state index in [1.807, 2.05) is 0 Å². The van der Waals surface area contributed by atoms with Crippen molar-refractivity contribution >= 4 is 0 Å². The lowest BCUT2D eigenvalue weighted by atomic mass is 9.80. The van der Waals surface area contributed by atoms with Gasteiger partial charge in [-0.1, -0.05) is 6.07 Å². The summed E-state index contributed by atoms with van der Waals surface area (Å²) in [7, 11) is 1.72. The smallest absolute Gasteiger partial charge is 0.122 e. The third kappa shape index (κ3) is 2.07. The van der Waals surface area contributed by atoms with Gasteiger partial charge in [-0.2, -0.15) is 0 Å². The molecule has 0 radical (unpaired) electrons. The third-order valence-electron chi connectivity index (χ3n) is 3.57. The van der Waals surface area contributed by atoms with Gasteiger partial charge < -0.3 is 9.84 Å². The Labute approximate surface area is 97.3 Å². The van der Waals surface area contributed by atoms with E-state index in [0.29, 0.717) is 5.92 Å². The normalized spacial score (nSPS) is 19.3. The van der Waals surface area contributed by atoms with Gasteiger partial charge in [0.1, 0.15) is 5.75 Å². The summed E-state index contributed by atoms with van der Waals surface area (Å²) in [5, 5.41) is 9.09. The number of methoxy groups -OCH3 is 1. The number of aliphatic hydroxyl groups excluding tert-OH is 1. The summed E-state index contributed by atoms with van der Waals surface area (Å²) in [5.41, 5.74) is 4.04. The van der Waals surface area contributed by atoms with Gasteiger partial charge in [0, 0.05) is 6.61 Å². The van der Waals surface area contributed by atoms with Crippen molar-refractivity contribution in [3.8, 4) is 5.75 Å². The largest absolute Gasteiger partial charge is 0.496 e. The molecule has 1 aliphatic rings. The van der Waals surface area contributed by atoms with Gasteiger partial charge in [0.15, 0.2) is 0 Å². The van der Waals surface area contributed by atoms with Gasteiger partial charge in [-0.25, -0.2) is 0 Å². The molecule has 1 atom stereocenters. The Morgan fingerprint density at radius 2 is 2.25 bits per heavy atom. The summed E-state index contributed by atoms with van der Waals surface area (Å²) in [5.74, 6) is 1.53. The quantitative estimate of drug-likeness (QED) is 0.848. The predicted molar refractivity (Wildman–Crippen MR) is 65.1 cm³/mol. The van der Waals surface area contributed by atoms with Gasteiger partial charge in [0.2, 0.25) is 0 Å². The molecule has 0 aliphatic heterocycles. The first-order valence-corrected chi connectivity index (χ1v) is 6.04. The molecule has 0 bridgehead atoms. The molecule has 1 aromatic carbocycles. The standard InChI is InChI=1S/C14H20O2/c1-10-8-13-11(6-7-15)4-3-5-12(13)9-14(10)16-2/h8-9,11,15H,3-7H2,1-2H3/t11-/m1/s1. The van der Waals surface area contributed by atoms with Crippen molar-refractivity contribution in [1.29, 1.82) is 0 Å². The molecule has 2 rings (SSSR count). The van der Waals surface area contributed by atoms with E-state index < -0.39 is 0 Å². The number of hydrogen-bond donors (Lipinski definition) is 1. The summed E-state index contributed by atoms with van der Waals surface area (Å²) in [6.45, 7) is 2.37. The predicted octanol–water partition coefficient (Wildman–Crippen LogP) is 2.81. The molecular formula is C14H20O2. The van der Waals surface area contributed by atoms with Crippen LogP contribution in [-0.2, 0) is 6.42 Å². The minimum Gasteiger partial charge on any atom is -0.496 e. The fraction of sp³-hybridized carbons (Fsp3) is 0.571. The van der Waals surface area contributed by atoms with Crippen molar-refractivity contribution in [2.75, 3.05) is 13.7 Å². The number of aryl methyl sites for hydroxylation is 2. The van der Waals surface area contributed by atoms with E-state index in [2.05, 4.69) is 19.1 Å². The topological polar surface area (TPSA) is 29.5 Å². The molecule has 0 heterocycles. The van der Waals surface area contributed by atoms with Crippen molar-refractivity contribution in [2.24, 2.45) is 0 Å². The second-order valence-corrected chi connectivity index (χ2v) is 4.62. The summed E-state index contributed by atoms with van der Waals surface area (Å²) in [6, 6.07) is 4.42. The maximum atomic E-state index is 9.09. The maximum absolute atomic E-state index is 9.09. The molecule has 2 nitrogen and oxygen atoms in total. The van der Waals surface area contributed by atoms with E-state index in [4.69, 9.17) is 9.84 Å². The molecule has 0 fully saturated rings. The zero-order valence-corrected chi connectivity index (χ0v) is 10.1. The molecular weight excluding hydrogens is 200 g/mol. The van der Waals surface area contributed by atoms with Crippen LogP contribution in [0.5, 0.6) is 5.75 Å². The lowest BCUT2D eigenvalue weighted by Crippen LogP contribution is -2.12. The Morgan fingerprint density at radius 3 is 2.94 bits per heavy atom. The molecule has 0 unspecified atom stereocenters. The average molecular weight is 220 g/mol. The molecule has 1 aliphatic carbocycles. The molecule has 0 saturated carbocycles. The number of aliphatic hydroxyl groups is 1. The molecule has 16 heavy (non-hydrogen) atoms. The molecule has 1 N–H and O–H groups in total. The zero-order chi connectivity index (χ0) is 11.5. The van der Waals surface area contributed by atoms with E-state index in [9.17, 15) is 0 Å². The number of hydrogen-bond acceptors (Lipinski definition) is 2. The molecule has 2 heteroatoms. The first-order chi connectivity index (χ1) is 7.76. The summed E-state index contributed by atoms with van der Waals surface area (Å²) >= 11 is 0. The third-order valence-corrected chi connectivity index (χ3v) is 3.57. The molecule has 0 amide bonds. The van der Waals surface area contributed by atoms with Gasteiger partial charge in [0.25, 0.3) is 0 Å². The van der Waals surface area contributed by atoms with Crippen LogP contribution >= 0.6 is 0 Å². The SMILES string of the molecule is COc1cc2c(cc1C)[C@@H](CCO)CCC2. The second-order valence-electron chi connectivity index (χ2n) is 4.62. The number of fused-ring (bicyclic) bond motifs is 1. The van der Waals surface area contributed by atoms with Crippen molar-refractivity contribution in [3.63, 3.8) is 0 Å². The molecule has 0 spiro atoms. The van der Waals surface area contributed by atoms with Crippen molar-refractivity contribution in [3.05, 3.63) is 28.8 Å². The van der Waals surface area contributed by atoms with Crippen LogP contribution in [0.4, 0.5) is 0 Å². The van der Waals surface area contributed by atoms with Crippen LogP contribution in [0.15, 0.2) is 12.1 Å². The Bertz CT molecular complexity index is 371. The van der Waals surface area contributed by atoms with Gasteiger partial charge in [0.05, 0.1) is 7.11 Å². The number of benzene rings is 1. The van der Waals surface area contributed by atoms with E-state index in [-0.39, 0.29) is 6.61 Å². The Balaban J connectivity index is 2.37. The van der Waals surface area contributed by atoms with Crippen LogP contribution in [0.1, 0.15) is 41.9 Å². The lowest BCUT2D eigenvalue weighted by molar-refractivity contribution is 0.269. The van der Waals surface area contributed by atoms with Gasteiger partial charge >= 0.3 is 0 Å². The fourth-order valence-corrected chi connectivity index (χ4v) is 2.72. The average Bonchev–Trinajstić information content (AvgIpc) is 2.29. The molecule has 0 aromatic heterocycles. The van der Waals surface area contributed by atoms with Crippen LogP contribution in [0.3, 0.4) is 0 Å². The first-order valence-electron chi connectivity index (χ1n) is 6.04. The van der Waals surface area contributed by atoms with Gasteiger partial charge in [-0.3, -0.25) is 0 Å². The Kier molecular flexibility index (Phi) is 3.49. The van der Waals surface area contributed by atoms with E-state index in [0.717, 1.165) is 18.6 Å². The van der Waals surface area contributed by atoms with Crippen LogP contribution in [0, 0.1) is 6.92 Å². The highest BCUT2D eigenvalue weighted by atomic mass is 16.5. The fourth-order valence-electron chi connectivity index (χ4n) is 2.72. The van der Waals surface area contributed by atoms with Crippen LogP contribution < -0.4 is 4.74 Å². The van der Waals surface area contributed by atoms with Gasteiger partial charge in [-0.15, -0.1) is 0 Å². The molecule has 88 valence electrons. The Hall–Kier alpha value is -1.02. The minimum atomic E-state index is 0.287.